The van der Waals surface area contributed by atoms with Crippen LogP contribution in [-0.2, 0) is 30.8 Å². The lowest BCUT2D eigenvalue weighted by Crippen LogP contribution is -2.36. The van der Waals surface area contributed by atoms with Gasteiger partial charge in [-0.05, 0) is 55.0 Å². The maximum absolute atomic E-state index is 12.6. The molecule has 0 aliphatic carbocycles. The van der Waals surface area contributed by atoms with Crippen molar-refractivity contribution in [3.63, 3.8) is 0 Å². The topological polar surface area (TPSA) is 55.6 Å². The largest absolute Gasteiger partial charge is 0.489 e. The van der Waals surface area contributed by atoms with E-state index in [-0.39, 0.29) is 5.91 Å². The molecule has 0 unspecified atom stereocenters. The molecule has 0 bridgehead atoms. The Balaban J connectivity index is 1.33. The number of carbonyl (C=O) groups is 1. The van der Waals surface area contributed by atoms with Crippen LogP contribution in [-0.4, -0.2) is 22.5 Å². The molecule has 0 radical (unpaired) electrons. The van der Waals surface area contributed by atoms with Gasteiger partial charge >= 0.3 is 0 Å². The fourth-order valence-electron chi connectivity index (χ4n) is 3.31. The van der Waals surface area contributed by atoms with Crippen LogP contribution in [0, 0.1) is 13.8 Å². The molecule has 0 saturated heterocycles. The summed E-state index contributed by atoms with van der Waals surface area (Å²) in [7, 11) is 0. The molecule has 1 amide bonds. The summed E-state index contributed by atoms with van der Waals surface area (Å²) < 4.78 is 11.0. The minimum atomic E-state index is 0.177. The molecule has 2 aromatic heterocycles. The number of carbonyl (C=O) groups excluding carboxylic acids is 1. The standard InChI is InChI=1S/C21H22N2O3S/c1-14-19(15(2)26-22-14)13-25-18-5-3-16(4-6-18)11-21(24)23-9-7-20-17(12-23)8-10-27-20/h3-6,8,10H,7,9,11-13H2,1-2H3. The van der Waals surface area contributed by atoms with Crippen molar-refractivity contribution in [2.45, 2.75) is 39.8 Å². The van der Waals surface area contributed by atoms with Gasteiger partial charge in [-0.3, -0.25) is 4.79 Å². The number of amides is 1. The van der Waals surface area contributed by atoms with E-state index in [2.05, 4.69) is 16.6 Å². The van der Waals surface area contributed by atoms with Crippen molar-refractivity contribution in [2.75, 3.05) is 6.54 Å². The molecule has 1 aliphatic heterocycles. The predicted octanol–water partition coefficient (Wildman–Crippen LogP) is 4.06. The van der Waals surface area contributed by atoms with E-state index in [4.69, 9.17) is 9.26 Å². The number of rotatable bonds is 5. The van der Waals surface area contributed by atoms with Crippen LogP contribution in [0.4, 0.5) is 0 Å². The third-order valence-corrected chi connectivity index (χ3v) is 6.03. The van der Waals surface area contributed by atoms with E-state index in [1.807, 2.05) is 43.0 Å². The first-order chi connectivity index (χ1) is 13.1. The predicted molar refractivity (Wildman–Crippen MR) is 104 cm³/mol. The summed E-state index contributed by atoms with van der Waals surface area (Å²) in [6, 6.07) is 9.87. The highest BCUT2D eigenvalue weighted by atomic mass is 32.1. The van der Waals surface area contributed by atoms with Crippen molar-refractivity contribution in [3.05, 3.63) is 68.7 Å². The van der Waals surface area contributed by atoms with E-state index in [1.165, 1.54) is 10.4 Å². The van der Waals surface area contributed by atoms with Crippen LogP contribution in [0.15, 0.2) is 40.2 Å². The van der Waals surface area contributed by atoms with Gasteiger partial charge in [0.2, 0.25) is 5.91 Å². The van der Waals surface area contributed by atoms with Crippen LogP contribution < -0.4 is 4.74 Å². The lowest BCUT2D eigenvalue weighted by atomic mass is 10.1. The van der Waals surface area contributed by atoms with E-state index >= 15 is 0 Å². The first kappa shape index (κ1) is 17.8. The summed E-state index contributed by atoms with van der Waals surface area (Å²) >= 11 is 1.79. The SMILES string of the molecule is Cc1noc(C)c1COc1ccc(CC(=O)N2CCc3sccc3C2)cc1. The number of aryl methyl sites for hydroxylation is 2. The van der Waals surface area contributed by atoms with Crippen molar-refractivity contribution < 1.29 is 14.1 Å². The van der Waals surface area contributed by atoms with Crippen LogP contribution in [0.3, 0.4) is 0 Å². The van der Waals surface area contributed by atoms with E-state index in [0.717, 1.165) is 47.8 Å². The van der Waals surface area contributed by atoms with E-state index in [1.54, 1.807) is 11.3 Å². The van der Waals surface area contributed by atoms with Gasteiger partial charge in [-0.1, -0.05) is 17.3 Å². The van der Waals surface area contributed by atoms with Crippen molar-refractivity contribution in [1.29, 1.82) is 0 Å². The summed E-state index contributed by atoms with van der Waals surface area (Å²) in [5.41, 5.74) is 4.13. The second-order valence-corrected chi connectivity index (χ2v) is 7.85. The molecule has 0 saturated carbocycles. The second kappa shape index (κ2) is 7.56. The number of hydrogen-bond acceptors (Lipinski definition) is 5. The maximum atomic E-state index is 12.6. The van der Waals surface area contributed by atoms with Crippen molar-refractivity contribution in [1.82, 2.24) is 10.1 Å². The third kappa shape index (κ3) is 3.90. The fourth-order valence-corrected chi connectivity index (χ4v) is 4.20. The maximum Gasteiger partial charge on any atom is 0.227 e. The molecule has 0 atom stereocenters. The molecule has 3 heterocycles. The number of nitrogens with zero attached hydrogens (tertiary/aromatic N) is 2. The van der Waals surface area contributed by atoms with Crippen LogP contribution in [0.1, 0.15) is 33.0 Å². The number of fused-ring (bicyclic) bond motifs is 1. The molecule has 6 heteroatoms. The smallest absolute Gasteiger partial charge is 0.227 e. The first-order valence-corrected chi connectivity index (χ1v) is 9.94. The van der Waals surface area contributed by atoms with Gasteiger partial charge in [0.15, 0.2) is 0 Å². The molecule has 4 rings (SSSR count). The zero-order valence-electron chi connectivity index (χ0n) is 15.5. The summed E-state index contributed by atoms with van der Waals surface area (Å²) in [4.78, 5) is 16.0. The Hall–Kier alpha value is -2.60. The average molecular weight is 382 g/mol. The molecule has 140 valence electrons. The molecule has 0 spiro atoms. The zero-order chi connectivity index (χ0) is 18.8. The third-order valence-electron chi connectivity index (χ3n) is 5.00. The second-order valence-electron chi connectivity index (χ2n) is 6.85. The Labute approximate surface area is 162 Å². The Morgan fingerprint density at radius 3 is 2.81 bits per heavy atom. The van der Waals surface area contributed by atoms with E-state index in [0.29, 0.717) is 13.0 Å². The van der Waals surface area contributed by atoms with Crippen LogP contribution >= 0.6 is 11.3 Å². The number of ether oxygens (including phenoxy) is 1. The van der Waals surface area contributed by atoms with Crippen LogP contribution in [0.25, 0.3) is 0 Å². The van der Waals surface area contributed by atoms with Crippen molar-refractivity contribution >= 4 is 17.2 Å². The van der Waals surface area contributed by atoms with Crippen LogP contribution in [0.5, 0.6) is 5.75 Å². The molecule has 27 heavy (non-hydrogen) atoms. The molecule has 0 N–H and O–H groups in total. The number of hydrogen-bond donors (Lipinski definition) is 0. The van der Waals surface area contributed by atoms with Gasteiger partial charge in [-0.25, -0.2) is 0 Å². The van der Waals surface area contributed by atoms with Crippen LogP contribution in [0.2, 0.25) is 0 Å². The summed E-state index contributed by atoms with van der Waals surface area (Å²) in [5.74, 6) is 1.73. The lowest BCUT2D eigenvalue weighted by Gasteiger charge is -2.27. The first-order valence-electron chi connectivity index (χ1n) is 9.06. The molecule has 5 nitrogen and oxygen atoms in total. The van der Waals surface area contributed by atoms with Gasteiger partial charge in [0.25, 0.3) is 0 Å². The molecular weight excluding hydrogens is 360 g/mol. The molecular formula is C21H22N2O3S. The number of benzene rings is 1. The van der Waals surface area contributed by atoms with Crippen molar-refractivity contribution in [2.24, 2.45) is 0 Å². The quantitative estimate of drug-likeness (QED) is 0.668. The Morgan fingerprint density at radius 1 is 1.26 bits per heavy atom. The minimum absolute atomic E-state index is 0.177. The zero-order valence-corrected chi connectivity index (χ0v) is 16.3. The Morgan fingerprint density at radius 2 is 2.07 bits per heavy atom. The van der Waals surface area contributed by atoms with Gasteiger partial charge in [-0.2, -0.15) is 0 Å². The van der Waals surface area contributed by atoms with Gasteiger partial charge < -0.3 is 14.2 Å². The summed E-state index contributed by atoms with van der Waals surface area (Å²) in [6.07, 6.45) is 1.39. The normalized spacial score (nSPS) is 13.5. The summed E-state index contributed by atoms with van der Waals surface area (Å²) in [6.45, 7) is 5.76. The van der Waals surface area contributed by atoms with Gasteiger partial charge in [0.05, 0.1) is 17.7 Å². The minimum Gasteiger partial charge on any atom is -0.489 e. The molecule has 1 aromatic carbocycles. The molecule has 0 fully saturated rings. The van der Waals surface area contributed by atoms with Crippen molar-refractivity contribution in [3.8, 4) is 5.75 Å². The number of aromatic nitrogens is 1. The lowest BCUT2D eigenvalue weighted by molar-refractivity contribution is -0.131. The van der Waals surface area contributed by atoms with E-state index in [9.17, 15) is 4.79 Å². The monoisotopic (exact) mass is 382 g/mol. The van der Waals surface area contributed by atoms with E-state index < -0.39 is 0 Å². The molecule has 3 aromatic rings. The highest BCUT2D eigenvalue weighted by molar-refractivity contribution is 7.10. The van der Waals surface area contributed by atoms with Gasteiger partial charge in [-0.15, -0.1) is 11.3 Å². The van der Waals surface area contributed by atoms with Gasteiger partial charge in [0.1, 0.15) is 18.1 Å². The Kier molecular flexibility index (Phi) is 4.99. The van der Waals surface area contributed by atoms with Gasteiger partial charge in [0, 0.05) is 18.0 Å². The number of thiophene rings is 1. The highest BCUT2D eigenvalue weighted by Gasteiger charge is 2.21. The molecule has 1 aliphatic rings. The average Bonchev–Trinajstić information content (AvgIpc) is 3.27. The highest BCUT2D eigenvalue weighted by Crippen LogP contribution is 2.25. The fraction of sp³-hybridized carbons (Fsp3) is 0.333. The Bertz CT molecular complexity index is 923. The summed E-state index contributed by atoms with van der Waals surface area (Å²) in [5, 5.41) is 6.04.